The normalized spacial score (nSPS) is 10.8. The summed E-state index contributed by atoms with van der Waals surface area (Å²) < 4.78 is 0.834. The Bertz CT molecular complexity index is 914. The van der Waals surface area contributed by atoms with Gasteiger partial charge in [-0.2, -0.15) is 4.73 Å². The van der Waals surface area contributed by atoms with Gasteiger partial charge in [-0.05, 0) is 24.6 Å². The summed E-state index contributed by atoms with van der Waals surface area (Å²) in [7, 11) is 0. The van der Waals surface area contributed by atoms with E-state index >= 15 is 0 Å². The fourth-order valence-corrected chi connectivity index (χ4v) is 2.24. The number of hydrogen-bond acceptors (Lipinski definition) is 5. The first-order chi connectivity index (χ1) is 10.5. The summed E-state index contributed by atoms with van der Waals surface area (Å²) in [5, 5.41) is 28.7. The molecule has 0 saturated carbocycles. The van der Waals surface area contributed by atoms with Crippen molar-refractivity contribution in [2.45, 2.75) is 6.92 Å². The number of aromatic nitrogens is 2. The van der Waals surface area contributed by atoms with Crippen molar-refractivity contribution in [1.82, 2.24) is 9.71 Å². The fraction of sp³-hybridized carbons (Fsp3) is 0.0667. The van der Waals surface area contributed by atoms with Gasteiger partial charge in [0, 0.05) is 23.4 Å². The largest absolute Gasteiger partial charge is 0.426 e. The summed E-state index contributed by atoms with van der Waals surface area (Å²) >= 11 is 0. The zero-order valence-electron chi connectivity index (χ0n) is 11.6. The van der Waals surface area contributed by atoms with E-state index in [0.717, 1.165) is 10.3 Å². The molecule has 22 heavy (non-hydrogen) atoms. The standard InChI is InChI=1S/C15H12N4O3/c1-9(16)10-3-2-4-11(7-10)15-17-13-6-5-12(19(21)22)8-14(13)18(15)20/h2-8,16,20H,1H3. The van der Waals surface area contributed by atoms with Gasteiger partial charge >= 0.3 is 0 Å². The van der Waals surface area contributed by atoms with E-state index in [1.54, 1.807) is 31.2 Å². The maximum absolute atomic E-state index is 10.8. The minimum atomic E-state index is -0.523. The molecule has 1 aromatic heterocycles. The third kappa shape index (κ3) is 2.18. The lowest BCUT2D eigenvalue weighted by molar-refractivity contribution is -0.384. The number of fused-ring (bicyclic) bond motifs is 1. The van der Waals surface area contributed by atoms with E-state index in [2.05, 4.69) is 4.98 Å². The Morgan fingerprint density at radius 2 is 2.09 bits per heavy atom. The lowest BCUT2D eigenvalue weighted by Crippen LogP contribution is -1.97. The molecular formula is C15H12N4O3. The lowest BCUT2D eigenvalue weighted by Gasteiger charge is -2.03. The molecule has 0 aliphatic carbocycles. The SMILES string of the molecule is CC(=N)c1cccc(-c2nc3ccc([N+](=O)[O-])cc3n2O)c1. The van der Waals surface area contributed by atoms with Gasteiger partial charge in [-0.3, -0.25) is 10.1 Å². The molecular weight excluding hydrogens is 284 g/mol. The Balaban J connectivity index is 2.19. The van der Waals surface area contributed by atoms with Gasteiger partial charge in [-0.1, -0.05) is 18.2 Å². The highest BCUT2D eigenvalue weighted by molar-refractivity contribution is 5.97. The molecule has 7 heteroatoms. The van der Waals surface area contributed by atoms with Crippen LogP contribution in [0.25, 0.3) is 22.4 Å². The highest BCUT2D eigenvalue weighted by Gasteiger charge is 2.16. The number of nitrogens with zero attached hydrogens (tertiary/aromatic N) is 3. The van der Waals surface area contributed by atoms with Crippen molar-refractivity contribution in [3.05, 3.63) is 58.1 Å². The summed E-state index contributed by atoms with van der Waals surface area (Å²) in [5.41, 5.74) is 2.36. The molecule has 0 saturated heterocycles. The van der Waals surface area contributed by atoms with Crippen molar-refractivity contribution >= 4 is 22.4 Å². The summed E-state index contributed by atoms with van der Waals surface area (Å²) in [6.07, 6.45) is 0. The van der Waals surface area contributed by atoms with E-state index in [9.17, 15) is 15.3 Å². The van der Waals surface area contributed by atoms with E-state index in [1.165, 1.54) is 18.2 Å². The number of hydrogen-bond donors (Lipinski definition) is 2. The summed E-state index contributed by atoms with van der Waals surface area (Å²) in [6, 6.07) is 11.2. The van der Waals surface area contributed by atoms with Crippen LogP contribution in [-0.4, -0.2) is 25.6 Å². The quantitative estimate of drug-likeness (QED) is 0.335. The van der Waals surface area contributed by atoms with Crippen LogP contribution >= 0.6 is 0 Å². The third-order valence-electron chi connectivity index (χ3n) is 3.38. The van der Waals surface area contributed by atoms with Gasteiger partial charge in [0.1, 0.15) is 5.52 Å². The first-order valence-electron chi connectivity index (χ1n) is 6.49. The molecule has 3 aromatic rings. The molecule has 2 aromatic carbocycles. The zero-order valence-corrected chi connectivity index (χ0v) is 11.6. The van der Waals surface area contributed by atoms with Crippen LogP contribution in [0, 0.1) is 15.5 Å². The Kier molecular flexibility index (Phi) is 3.10. The summed E-state index contributed by atoms with van der Waals surface area (Å²) in [4.78, 5) is 14.6. The molecule has 0 fully saturated rings. The number of rotatable bonds is 3. The van der Waals surface area contributed by atoms with Gasteiger partial charge in [0.25, 0.3) is 5.69 Å². The minimum absolute atomic E-state index is 0.113. The third-order valence-corrected chi connectivity index (χ3v) is 3.38. The molecule has 110 valence electrons. The highest BCUT2D eigenvalue weighted by atomic mass is 16.6. The van der Waals surface area contributed by atoms with Gasteiger partial charge in [0.05, 0.1) is 10.4 Å². The van der Waals surface area contributed by atoms with Crippen LogP contribution in [-0.2, 0) is 0 Å². The topological polar surface area (TPSA) is 105 Å². The van der Waals surface area contributed by atoms with Gasteiger partial charge in [0.15, 0.2) is 5.82 Å². The molecule has 0 aliphatic rings. The first kappa shape index (κ1) is 13.7. The van der Waals surface area contributed by atoms with Crippen molar-refractivity contribution in [1.29, 1.82) is 5.41 Å². The van der Waals surface area contributed by atoms with Crippen molar-refractivity contribution in [2.75, 3.05) is 0 Å². The van der Waals surface area contributed by atoms with Gasteiger partial charge < -0.3 is 10.6 Å². The molecule has 7 nitrogen and oxygen atoms in total. The number of nitro benzene ring substituents is 1. The van der Waals surface area contributed by atoms with E-state index in [4.69, 9.17) is 5.41 Å². The molecule has 0 bridgehead atoms. The highest BCUT2D eigenvalue weighted by Crippen LogP contribution is 2.26. The number of benzene rings is 2. The molecule has 0 radical (unpaired) electrons. The lowest BCUT2D eigenvalue weighted by atomic mass is 10.1. The Morgan fingerprint density at radius 3 is 2.77 bits per heavy atom. The summed E-state index contributed by atoms with van der Waals surface area (Å²) in [5.74, 6) is 0.276. The molecule has 0 unspecified atom stereocenters. The predicted octanol–water partition coefficient (Wildman–Crippen LogP) is 3.24. The number of imidazole rings is 1. The molecule has 0 spiro atoms. The van der Waals surface area contributed by atoms with Crippen molar-refractivity contribution in [3.63, 3.8) is 0 Å². The fourth-order valence-electron chi connectivity index (χ4n) is 2.24. The first-order valence-corrected chi connectivity index (χ1v) is 6.49. The van der Waals surface area contributed by atoms with E-state index in [-0.39, 0.29) is 17.0 Å². The Hall–Kier alpha value is -3.22. The van der Waals surface area contributed by atoms with Gasteiger partial charge in [0.2, 0.25) is 0 Å². The second-order valence-corrected chi connectivity index (χ2v) is 4.88. The molecule has 0 amide bonds. The zero-order chi connectivity index (χ0) is 15.9. The van der Waals surface area contributed by atoms with Crippen LogP contribution in [0.3, 0.4) is 0 Å². The van der Waals surface area contributed by atoms with Gasteiger partial charge in [-0.15, -0.1) is 0 Å². The Morgan fingerprint density at radius 1 is 1.32 bits per heavy atom. The molecule has 0 aliphatic heterocycles. The Labute approximate surface area is 125 Å². The van der Waals surface area contributed by atoms with Crippen molar-refractivity contribution in [3.8, 4) is 11.4 Å². The maximum atomic E-state index is 10.8. The second-order valence-electron chi connectivity index (χ2n) is 4.88. The number of nitrogens with one attached hydrogen (secondary N) is 1. The number of non-ortho nitro benzene ring substituents is 1. The smallest absolute Gasteiger partial charge is 0.271 e. The van der Waals surface area contributed by atoms with Crippen LogP contribution in [0.15, 0.2) is 42.5 Å². The monoisotopic (exact) mass is 296 g/mol. The minimum Gasteiger partial charge on any atom is -0.426 e. The van der Waals surface area contributed by atoms with Crippen LogP contribution in [0.1, 0.15) is 12.5 Å². The molecule has 2 N–H and O–H groups in total. The average molecular weight is 296 g/mol. The van der Waals surface area contributed by atoms with Crippen molar-refractivity contribution < 1.29 is 10.1 Å². The van der Waals surface area contributed by atoms with Crippen LogP contribution in [0.4, 0.5) is 5.69 Å². The van der Waals surface area contributed by atoms with E-state index in [1.807, 2.05) is 0 Å². The summed E-state index contributed by atoms with van der Waals surface area (Å²) in [6.45, 7) is 1.67. The van der Waals surface area contributed by atoms with E-state index in [0.29, 0.717) is 16.8 Å². The number of nitro groups is 1. The molecule has 0 atom stereocenters. The second kappa shape index (κ2) is 4.96. The molecule has 1 heterocycles. The van der Waals surface area contributed by atoms with Gasteiger partial charge in [-0.25, -0.2) is 4.98 Å². The maximum Gasteiger partial charge on any atom is 0.271 e. The average Bonchev–Trinajstić information content (AvgIpc) is 2.84. The van der Waals surface area contributed by atoms with Crippen LogP contribution in [0.2, 0.25) is 0 Å². The molecule has 3 rings (SSSR count). The van der Waals surface area contributed by atoms with E-state index < -0.39 is 4.92 Å². The van der Waals surface area contributed by atoms with Crippen LogP contribution in [0.5, 0.6) is 0 Å². The predicted molar refractivity (Wildman–Crippen MR) is 81.5 cm³/mol. The van der Waals surface area contributed by atoms with Crippen molar-refractivity contribution in [2.24, 2.45) is 0 Å². The van der Waals surface area contributed by atoms with Crippen LogP contribution < -0.4 is 0 Å².